The molecule has 33 heavy (non-hydrogen) atoms. The summed E-state index contributed by atoms with van der Waals surface area (Å²) in [6, 6.07) is 15.2. The summed E-state index contributed by atoms with van der Waals surface area (Å²) in [7, 11) is 0. The van der Waals surface area contributed by atoms with Gasteiger partial charge < -0.3 is 14.8 Å². The molecule has 0 aliphatic rings. The van der Waals surface area contributed by atoms with Crippen LogP contribution in [0.4, 0.5) is 22.1 Å². The van der Waals surface area contributed by atoms with Gasteiger partial charge in [0.1, 0.15) is 29.6 Å². The zero-order chi connectivity index (χ0) is 23.3. The number of hydrogen-bond donors (Lipinski definition) is 2. The first-order chi connectivity index (χ1) is 15.9. The molecule has 8 heteroatoms. The zero-order valence-electron chi connectivity index (χ0n) is 18.7. The van der Waals surface area contributed by atoms with E-state index in [2.05, 4.69) is 25.6 Å². The van der Waals surface area contributed by atoms with Gasteiger partial charge in [-0.05, 0) is 50.6 Å². The third-order valence-electron chi connectivity index (χ3n) is 4.56. The van der Waals surface area contributed by atoms with Gasteiger partial charge in [-0.25, -0.2) is 14.8 Å². The van der Waals surface area contributed by atoms with Crippen LogP contribution in [0.25, 0.3) is 10.8 Å². The van der Waals surface area contributed by atoms with E-state index in [0.29, 0.717) is 29.7 Å². The van der Waals surface area contributed by atoms with Gasteiger partial charge in [-0.2, -0.15) is 0 Å². The Morgan fingerprint density at radius 2 is 1.73 bits per heavy atom. The number of amides is 1. The van der Waals surface area contributed by atoms with Gasteiger partial charge in [-0.15, -0.1) is 0 Å². The van der Waals surface area contributed by atoms with Crippen molar-refractivity contribution in [3.63, 3.8) is 0 Å². The van der Waals surface area contributed by atoms with Crippen molar-refractivity contribution in [3.8, 4) is 5.75 Å². The predicted octanol–water partition coefficient (Wildman–Crippen LogP) is 5.69. The largest absolute Gasteiger partial charge is 0.488 e. The van der Waals surface area contributed by atoms with E-state index in [1.54, 1.807) is 24.8 Å². The van der Waals surface area contributed by atoms with Crippen molar-refractivity contribution >= 4 is 34.2 Å². The maximum absolute atomic E-state index is 12.2. The Morgan fingerprint density at radius 1 is 0.939 bits per heavy atom. The van der Waals surface area contributed by atoms with Crippen molar-refractivity contribution in [1.29, 1.82) is 0 Å². The van der Waals surface area contributed by atoms with E-state index < -0.39 is 11.7 Å². The standard InChI is InChI=1S/C25H25N5O3/c1-25(2,3)33-24(31)29-20-8-9-21(19-7-5-4-6-18(19)20)32-16-17-10-11-27-22(14-17)30-23-15-26-12-13-28-23/h4-15H,16H2,1-3H3,(H,29,31)(H,27,28,30). The summed E-state index contributed by atoms with van der Waals surface area (Å²) in [6.45, 7) is 5.83. The molecular formula is C25H25N5O3. The zero-order valence-corrected chi connectivity index (χ0v) is 18.7. The van der Waals surface area contributed by atoms with E-state index in [4.69, 9.17) is 9.47 Å². The topological polar surface area (TPSA) is 98.3 Å². The number of carbonyl (C=O) groups excluding carboxylic acids is 1. The average molecular weight is 444 g/mol. The van der Waals surface area contributed by atoms with Crippen molar-refractivity contribution in [2.45, 2.75) is 33.0 Å². The molecule has 8 nitrogen and oxygen atoms in total. The van der Waals surface area contributed by atoms with Gasteiger partial charge in [-0.1, -0.05) is 24.3 Å². The van der Waals surface area contributed by atoms with Gasteiger partial charge in [0.05, 0.1) is 11.9 Å². The second-order valence-corrected chi connectivity index (χ2v) is 8.34. The average Bonchev–Trinajstić information content (AvgIpc) is 2.78. The van der Waals surface area contributed by atoms with Gasteiger partial charge >= 0.3 is 6.09 Å². The quantitative estimate of drug-likeness (QED) is 0.395. The SMILES string of the molecule is CC(C)(C)OC(=O)Nc1ccc(OCc2ccnc(Nc3cnccn3)c2)c2ccccc12. The first-order valence-corrected chi connectivity index (χ1v) is 10.5. The van der Waals surface area contributed by atoms with Crippen LogP contribution < -0.4 is 15.4 Å². The molecule has 1 amide bonds. The Balaban J connectivity index is 1.50. The molecule has 2 aromatic heterocycles. The smallest absolute Gasteiger partial charge is 0.412 e. The molecule has 2 N–H and O–H groups in total. The van der Waals surface area contributed by atoms with Crippen LogP contribution in [0.2, 0.25) is 0 Å². The second-order valence-electron chi connectivity index (χ2n) is 8.34. The predicted molar refractivity (Wildman–Crippen MR) is 128 cm³/mol. The van der Waals surface area contributed by atoms with Gasteiger partial charge in [0, 0.05) is 29.4 Å². The third kappa shape index (κ3) is 5.94. The van der Waals surface area contributed by atoms with Crippen LogP contribution in [0, 0.1) is 0 Å². The van der Waals surface area contributed by atoms with E-state index in [1.807, 2.05) is 69.3 Å². The number of ether oxygens (including phenoxy) is 2. The third-order valence-corrected chi connectivity index (χ3v) is 4.56. The van der Waals surface area contributed by atoms with E-state index in [0.717, 1.165) is 16.3 Å². The van der Waals surface area contributed by atoms with E-state index >= 15 is 0 Å². The summed E-state index contributed by atoms with van der Waals surface area (Å²) < 4.78 is 11.5. The Hall–Kier alpha value is -4.20. The van der Waals surface area contributed by atoms with Crippen LogP contribution in [-0.2, 0) is 11.3 Å². The minimum Gasteiger partial charge on any atom is -0.488 e. The lowest BCUT2D eigenvalue weighted by Crippen LogP contribution is -2.27. The molecule has 0 spiro atoms. The van der Waals surface area contributed by atoms with Gasteiger partial charge in [-0.3, -0.25) is 10.3 Å². The number of benzene rings is 2. The first kappa shape index (κ1) is 22.0. The fourth-order valence-corrected chi connectivity index (χ4v) is 3.21. The minimum atomic E-state index is -0.575. The van der Waals surface area contributed by atoms with Gasteiger partial charge in [0.15, 0.2) is 0 Å². The fraction of sp³-hybridized carbons (Fsp3) is 0.200. The Labute approximate surface area is 192 Å². The summed E-state index contributed by atoms with van der Waals surface area (Å²) in [5.74, 6) is 1.97. The molecule has 4 aromatic rings. The number of pyridine rings is 1. The van der Waals surface area contributed by atoms with E-state index in [1.165, 1.54) is 0 Å². The Bertz CT molecular complexity index is 1260. The number of hydrogen-bond acceptors (Lipinski definition) is 7. The molecule has 0 saturated carbocycles. The second kappa shape index (κ2) is 9.52. The highest BCUT2D eigenvalue weighted by Crippen LogP contribution is 2.32. The lowest BCUT2D eigenvalue weighted by molar-refractivity contribution is 0.0636. The molecule has 0 aliphatic heterocycles. The van der Waals surface area contributed by atoms with Crippen molar-refractivity contribution < 1.29 is 14.3 Å². The van der Waals surface area contributed by atoms with E-state index in [9.17, 15) is 4.79 Å². The number of nitrogens with zero attached hydrogens (tertiary/aromatic N) is 3. The van der Waals surface area contributed by atoms with Crippen LogP contribution in [0.3, 0.4) is 0 Å². The molecular weight excluding hydrogens is 418 g/mol. The molecule has 0 bridgehead atoms. The molecule has 4 rings (SSSR count). The number of rotatable bonds is 6. The van der Waals surface area contributed by atoms with Crippen LogP contribution in [-0.4, -0.2) is 26.6 Å². The van der Waals surface area contributed by atoms with Crippen molar-refractivity contribution in [1.82, 2.24) is 15.0 Å². The molecule has 0 fully saturated rings. The highest BCUT2D eigenvalue weighted by atomic mass is 16.6. The molecule has 2 heterocycles. The summed E-state index contributed by atoms with van der Waals surface area (Å²) in [5, 5.41) is 7.70. The van der Waals surface area contributed by atoms with Gasteiger partial charge in [0.2, 0.25) is 0 Å². The molecule has 0 unspecified atom stereocenters. The normalized spacial score (nSPS) is 11.1. The highest BCUT2D eigenvalue weighted by Gasteiger charge is 2.17. The van der Waals surface area contributed by atoms with E-state index in [-0.39, 0.29) is 0 Å². The molecule has 0 atom stereocenters. The Morgan fingerprint density at radius 3 is 2.48 bits per heavy atom. The maximum atomic E-state index is 12.2. The van der Waals surface area contributed by atoms with Gasteiger partial charge in [0.25, 0.3) is 0 Å². The monoisotopic (exact) mass is 443 g/mol. The lowest BCUT2D eigenvalue weighted by Gasteiger charge is -2.20. The molecule has 2 aromatic carbocycles. The lowest BCUT2D eigenvalue weighted by atomic mass is 10.1. The first-order valence-electron chi connectivity index (χ1n) is 10.5. The Kier molecular flexibility index (Phi) is 6.35. The number of fused-ring (bicyclic) bond motifs is 1. The number of nitrogens with one attached hydrogen (secondary N) is 2. The molecule has 168 valence electrons. The fourth-order valence-electron chi connectivity index (χ4n) is 3.21. The molecule has 0 radical (unpaired) electrons. The van der Waals surface area contributed by atoms with Crippen molar-refractivity contribution in [2.75, 3.05) is 10.6 Å². The van der Waals surface area contributed by atoms with Crippen molar-refractivity contribution in [2.24, 2.45) is 0 Å². The minimum absolute atomic E-state index is 0.348. The van der Waals surface area contributed by atoms with Crippen LogP contribution in [0.15, 0.2) is 73.3 Å². The van der Waals surface area contributed by atoms with Crippen LogP contribution in [0.5, 0.6) is 5.75 Å². The van der Waals surface area contributed by atoms with Crippen LogP contribution in [0.1, 0.15) is 26.3 Å². The number of carbonyl (C=O) groups is 1. The summed E-state index contributed by atoms with van der Waals surface area (Å²) >= 11 is 0. The number of anilines is 3. The highest BCUT2D eigenvalue weighted by molar-refractivity contribution is 6.02. The molecule has 0 saturated heterocycles. The summed E-state index contributed by atoms with van der Waals surface area (Å²) in [4.78, 5) is 24.8. The van der Waals surface area contributed by atoms with Crippen molar-refractivity contribution in [3.05, 3.63) is 78.9 Å². The summed E-state index contributed by atoms with van der Waals surface area (Å²) in [5.41, 5.74) is 1.02. The summed E-state index contributed by atoms with van der Waals surface area (Å²) in [6.07, 6.45) is 6.07. The van der Waals surface area contributed by atoms with Crippen LogP contribution >= 0.6 is 0 Å². The maximum Gasteiger partial charge on any atom is 0.412 e. The molecule has 0 aliphatic carbocycles. The number of aromatic nitrogens is 3.